The molecule has 0 unspecified atom stereocenters. The van der Waals surface area contributed by atoms with Gasteiger partial charge in [-0.1, -0.05) is 42.5 Å². The fourth-order valence-electron chi connectivity index (χ4n) is 2.11. The van der Waals surface area contributed by atoms with Gasteiger partial charge in [0.05, 0.1) is 11.9 Å². The largest absolute Gasteiger partial charge is 0.289 e. The number of nitrogens with one attached hydrogen (secondary N) is 2. The van der Waals surface area contributed by atoms with E-state index in [4.69, 9.17) is 0 Å². The molecule has 0 bridgehead atoms. The summed E-state index contributed by atoms with van der Waals surface area (Å²) < 4.78 is 0. The number of hydrazone groups is 1. The van der Waals surface area contributed by atoms with E-state index in [0.717, 1.165) is 16.8 Å². The molecule has 0 atom stereocenters. The minimum Gasteiger partial charge on any atom is -0.272 e. The predicted molar refractivity (Wildman–Crippen MR) is 97.3 cm³/mol. The van der Waals surface area contributed by atoms with Gasteiger partial charge in [0.25, 0.3) is 5.91 Å². The number of hydrogen-bond donors (Lipinski definition) is 2. The van der Waals surface area contributed by atoms with Crippen LogP contribution in [-0.2, 0) is 0 Å². The van der Waals surface area contributed by atoms with Gasteiger partial charge in [0.15, 0.2) is 0 Å². The van der Waals surface area contributed by atoms with Gasteiger partial charge in [-0.2, -0.15) is 10.2 Å². The third-order valence-corrected chi connectivity index (χ3v) is 4.13. The second kappa shape index (κ2) is 7.61. The normalized spacial score (nSPS) is 10.9. The molecule has 0 saturated carbocycles. The predicted octanol–water partition coefficient (Wildman–Crippen LogP) is 3.56. The molecule has 5 nitrogen and oxygen atoms in total. The van der Waals surface area contributed by atoms with E-state index in [1.54, 1.807) is 24.0 Å². The van der Waals surface area contributed by atoms with Crippen molar-refractivity contribution in [3.05, 3.63) is 71.9 Å². The molecule has 2 aromatic carbocycles. The summed E-state index contributed by atoms with van der Waals surface area (Å²) in [6.07, 6.45) is 3.63. The van der Waals surface area contributed by atoms with Crippen molar-refractivity contribution >= 4 is 23.9 Å². The van der Waals surface area contributed by atoms with Gasteiger partial charge < -0.3 is 0 Å². The van der Waals surface area contributed by atoms with Gasteiger partial charge in [0, 0.05) is 10.5 Å². The highest BCUT2D eigenvalue weighted by molar-refractivity contribution is 7.98. The molecule has 120 valence electrons. The van der Waals surface area contributed by atoms with Gasteiger partial charge in [0.2, 0.25) is 0 Å². The lowest BCUT2D eigenvalue weighted by atomic mass is 10.1. The highest BCUT2D eigenvalue weighted by Gasteiger charge is 2.09. The lowest BCUT2D eigenvalue weighted by molar-refractivity contribution is 0.0950. The summed E-state index contributed by atoms with van der Waals surface area (Å²) in [5.74, 6) is -0.332. The average Bonchev–Trinajstić information content (AvgIpc) is 3.13. The van der Waals surface area contributed by atoms with Crippen LogP contribution in [0.25, 0.3) is 11.3 Å². The minimum atomic E-state index is -0.332. The molecule has 0 fully saturated rings. The van der Waals surface area contributed by atoms with E-state index < -0.39 is 0 Å². The van der Waals surface area contributed by atoms with Crippen molar-refractivity contribution in [1.29, 1.82) is 0 Å². The van der Waals surface area contributed by atoms with Crippen LogP contribution in [-0.4, -0.2) is 28.6 Å². The number of carbonyl (C=O) groups excluding carboxylic acids is 1. The summed E-state index contributed by atoms with van der Waals surface area (Å²) in [4.78, 5) is 13.3. The molecule has 0 aliphatic heterocycles. The molecular formula is C18H16N4OS. The number of thioether (sulfide) groups is 1. The number of aromatic nitrogens is 2. The molecule has 0 aliphatic rings. The lowest BCUT2D eigenvalue weighted by Gasteiger charge is -1.97. The van der Waals surface area contributed by atoms with Crippen LogP contribution in [0.5, 0.6) is 0 Å². The minimum absolute atomic E-state index is 0.332. The molecule has 0 saturated heterocycles. The Morgan fingerprint density at radius 1 is 1.17 bits per heavy atom. The van der Waals surface area contributed by atoms with Crippen LogP contribution < -0.4 is 5.43 Å². The second-order valence-corrected chi connectivity index (χ2v) is 5.88. The number of nitrogens with zero attached hydrogens (tertiary/aromatic N) is 2. The summed E-state index contributed by atoms with van der Waals surface area (Å²) in [6, 6.07) is 19.3. The smallest absolute Gasteiger partial charge is 0.272 e. The first-order valence-electron chi connectivity index (χ1n) is 7.34. The molecule has 3 aromatic rings. The Bertz CT molecular complexity index is 841. The number of benzene rings is 2. The Kier molecular flexibility index (Phi) is 5.08. The molecule has 0 aliphatic carbocycles. The molecule has 3 rings (SSSR count). The number of H-pyrrole nitrogens is 1. The Morgan fingerprint density at radius 2 is 1.92 bits per heavy atom. The Labute approximate surface area is 144 Å². The molecule has 1 aromatic heterocycles. The zero-order valence-corrected chi connectivity index (χ0v) is 13.9. The van der Waals surface area contributed by atoms with Crippen molar-refractivity contribution < 1.29 is 4.79 Å². The third-order valence-electron chi connectivity index (χ3n) is 3.39. The molecule has 0 spiro atoms. The van der Waals surface area contributed by atoms with Gasteiger partial charge in [-0.3, -0.25) is 9.89 Å². The molecule has 24 heavy (non-hydrogen) atoms. The van der Waals surface area contributed by atoms with Crippen LogP contribution >= 0.6 is 11.8 Å². The fourth-order valence-corrected chi connectivity index (χ4v) is 2.52. The Morgan fingerprint density at radius 3 is 2.62 bits per heavy atom. The van der Waals surface area contributed by atoms with Crippen LogP contribution in [0, 0.1) is 0 Å². The molecule has 1 heterocycles. The highest BCUT2D eigenvalue weighted by Crippen LogP contribution is 2.17. The first kappa shape index (κ1) is 16.0. The molecular weight excluding hydrogens is 320 g/mol. The van der Waals surface area contributed by atoms with Crippen molar-refractivity contribution in [1.82, 2.24) is 15.6 Å². The van der Waals surface area contributed by atoms with E-state index in [1.807, 2.05) is 60.9 Å². The van der Waals surface area contributed by atoms with Gasteiger partial charge in [0.1, 0.15) is 5.69 Å². The molecule has 2 N–H and O–H groups in total. The zero-order valence-electron chi connectivity index (χ0n) is 13.1. The Hall–Kier alpha value is -2.86. The summed E-state index contributed by atoms with van der Waals surface area (Å²) in [7, 11) is 0. The molecule has 1 amide bonds. The maximum absolute atomic E-state index is 12.1. The van der Waals surface area contributed by atoms with Crippen molar-refractivity contribution in [2.45, 2.75) is 4.90 Å². The second-order valence-electron chi connectivity index (χ2n) is 5.01. The molecule has 6 heteroatoms. The van der Waals surface area contributed by atoms with Crippen molar-refractivity contribution in [2.75, 3.05) is 6.26 Å². The average molecular weight is 336 g/mol. The monoisotopic (exact) mass is 336 g/mol. The fraction of sp³-hybridized carbons (Fsp3) is 0.0556. The van der Waals surface area contributed by atoms with Crippen molar-refractivity contribution in [3.8, 4) is 11.3 Å². The number of aromatic amines is 1. The van der Waals surface area contributed by atoms with Crippen molar-refractivity contribution in [2.24, 2.45) is 5.10 Å². The first-order valence-corrected chi connectivity index (χ1v) is 8.57. The van der Waals surface area contributed by atoms with E-state index in [-0.39, 0.29) is 5.91 Å². The topological polar surface area (TPSA) is 70.1 Å². The maximum Gasteiger partial charge on any atom is 0.289 e. The van der Waals surface area contributed by atoms with Crippen molar-refractivity contribution in [3.63, 3.8) is 0 Å². The number of amides is 1. The first-order chi connectivity index (χ1) is 11.8. The van der Waals surface area contributed by atoms with E-state index in [1.165, 1.54) is 4.90 Å². The Balaban J connectivity index is 1.62. The third kappa shape index (κ3) is 3.91. The molecule has 0 radical (unpaired) electrons. The van der Waals surface area contributed by atoms with Crippen LogP contribution in [0.1, 0.15) is 16.1 Å². The van der Waals surface area contributed by atoms with Crippen LogP contribution in [0.3, 0.4) is 0 Å². The quantitative estimate of drug-likeness (QED) is 0.425. The number of hydrogen-bond acceptors (Lipinski definition) is 4. The van der Waals surface area contributed by atoms with E-state index >= 15 is 0 Å². The van der Waals surface area contributed by atoms with E-state index in [9.17, 15) is 4.79 Å². The van der Waals surface area contributed by atoms with Crippen LogP contribution in [0.2, 0.25) is 0 Å². The van der Waals surface area contributed by atoms with E-state index in [0.29, 0.717) is 5.69 Å². The lowest BCUT2D eigenvalue weighted by Crippen LogP contribution is -2.17. The standard InChI is InChI=1S/C18H16N4OS/c1-24-15-9-7-13(8-10-15)12-19-22-18(23)17-11-16(20-21-17)14-5-3-2-4-6-14/h2-12H,1H3,(H,20,21)(H,22,23)/b19-12+. The summed E-state index contributed by atoms with van der Waals surface area (Å²) in [5, 5.41) is 10.9. The number of rotatable bonds is 5. The zero-order chi connectivity index (χ0) is 16.8. The highest BCUT2D eigenvalue weighted by atomic mass is 32.2. The number of carbonyl (C=O) groups is 1. The summed E-state index contributed by atoms with van der Waals surface area (Å²) in [5.41, 5.74) is 5.45. The van der Waals surface area contributed by atoms with E-state index in [2.05, 4.69) is 20.7 Å². The van der Waals surface area contributed by atoms with Crippen LogP contribution in [0.4, 0.5) is 0 Å². The van der Waals surface area contributed by atoms with Gasteiger partial charge in [-0.15, -0.1) is 11.8 Å². The van der Waals surface area contributed by atoms with Gasteiger partial charge >= 0.3 is 0 Å². The summed E-state index contributed by atoms with van der Waals surface area (Å²) >= 11 is 1.68. The SMILES string of the molecule is CSc1ccc(/C=N/NC(=O)c2cc(-c3ccccc3)n[nH]2)cc1. The van der Waals surface area contributed by atoms with Crippen LogP contribution in [0.15, 0.2) is 70.7 Å². The summed E-state index contributed by atoms with van der Waals surface area (Å²) in [6.45, 7) is 0. The van der Waals surface area contributed by atoms with Gasteiger partial charge in [-0.05, 0) is 30.0 Å². The maximum atomic E-state index is 12.1. The van der Waals surface area contributed by atoms with Gasteiger partial charge in [-0.25, -0.2) is 5.43 Å².